The Morgan fingerprint density at radius 2 is 1.04 bits per heavy atom. The molecule has 55 heavy (non-hydrogen) atoms. The summed E-state index contributed by atoms with van der Waals surface area (Å²) in [5.41, 5.74) is 15.2. The second-order valence-electron chi connectivity index (χ2n) is 14.7. The number of aromatic nitrogens is 1. The van der Waals surface area contributed by atoms with E-state index in [9.17, 15) is 0 Å². The van der Waals surface area contributed by atoms with Crippen molar-refractivity contribution in [2.75, 3.05) is 11.4 Å². The second kappa shape index (κ2) is 11.2. The summed E-state index contributed by atoms with van der Waals surface area (Å²) < 4.78 is 16.2. The van der Waals surface area contributed by atoms with Crippen molar-refractivity contribution in [3.05, 3.63) is 198 Å². The molecule has 1 aliphatic heterocycles. The SMILES string of the molecule is CCN(c1cccc(-n2c3ccccc3c3ccccc32)c1)c1cccc2c1Oc1cc3c(cc1O2)C1(c2ccccc2-c2ccccc21)c1ccccc1-3. The highest BCUT2D eigenvalue weighted by Crippen LogP contribution is 2.65. The molecule has 3 aliphatic rings. The molecule has 0 saturated heterocycles. The number of hydrogen-bond acceptors (Lipinski definition) is 3. The molecule has 0 amide bonds. The predicted octanol–water partition coefficient (Wildman–Crippen LogP) is 13.2. The third-order valence-electron chi connectivity index (χ3n) is 12.0. The second-order valence-corrected chi connectivity index (χ2v) is 14.7. The maximum Gasteiger partial charge on any atom is 0.193 e. The number of para-hydroxylation sites is 3. The maximum atomic E-state index is 6.99. The monoisotopic (exact) mass is 706 g/mol. The topological polar surface area (TPSA) is 26.6 Å². The number of fused-ring (bicyclic) bond motifs is 15. The van der Waals surface area contributed by atoms with Crippen molar-refractivity contribution in [1.82, 2.24) is 4.57 Å². The lowest BCUT2D eigenvalue weighted by atomic mass is 9.70. The van der Waals surface area contributed by atoms with Crippen molar-refractivity contribution in [1.29, 1.82) is 0 Å². The zero-order chi connectivity index (χ0) is 36.3. The number of anilines is 2. The van der Waals surface area contributed by atoms with Gasteiger partial charge >= 0.3 is 0 Å². The Labute approximate surface area is 319 Å². The minimum absolute atomic E-state index is 0.444. The molecule has 0 fully saturated rings. The highest BCUT2D eigenvalue weighted by atomic mass is 16.6. The first-order chi connectivity index (χ1) is 27.2. The van der Waals surface area contributed by atoms with Crippen LogP contribution in [0.4, 0.5) is 11.4 Å². The largest absolute Gasteiger partial charge is 0.449 e. The lowest BCUT2D eigenvalue weighted by Crippen LogP contribution is -2.26. The number of nitrogens with zero attached hydrogens (tertiary/aromatic N) is 2. The molecule has 2 heterocycles. The Bertz CT molecular complexity index is 2960. The van der Waals surface area contributed by atoms with E-state index in [1.54, 1.807) is 0 Å². The minimum Gasteiger partial charge on any atom is -0.449 e. The van der Waals surface area contributed by atoms with Gasteiger partial charge in [0.1, 0.15) is 0 Å². The van der Waals surface area contributed by atoms with E-state index in [1.807, 2.05) is 6.07 Å². The number of benzene rings is 8. The van der Waals surface area contributed by atoms with Crippen LogP contribution in [0.15, 0.2) is 176 Å². The number of ether oxygens (including phenoxy) is 2. The molecule has 9 aromatic rings. The zero-order valence-electron chi connectivity index (χ0n) is 30.2. The molecule has 0 radical (unpaired) electrons. The molecular weight excluding hydrogens is 673 g/mol. The van der Waals surface area contributed by atoms with Crippen LogP contribution in [0.1, 0.15) is 29.2 Å². The van der Waals surface area contributed by atoms with E-state index in [1.165, 1.54) is 66.3 Å². The average molecular weight is 707 g/mol. The molecule has 4 heteroatoms. The lowest BCUT2D eigenvalue weighted by Gasteiger charge is -2.32. The van der Waals surface area contributed by atoms with Gasteiger partial charge in [0.15, 0.2) is 23.0 Å². The van der Waals surface area contributed by atoms with Gasteiger partial charge < -0.3 is 18.9 Å². The van der Waals surface area contributed by atoms with Gasteiger partial charge in [0, 0.05) is 28.7 Å². The molecular formula is C51H34N2O2. The number of hydrogen-bond donors (Lipinski definition) is 0. The van der Waals surface area contributed by atoms with Gasteiger partial charge in [-0.15, -0.1) is 0 Å². The van der Waals surface area contributed by atoms with Gasteiger partial charge in [0.05, 0.1) is 22.1 Å². The molecule has 0 unspecified atom stereocenters. The van der Waals surface area contributed by atoms with Gasteiger partial charge in [-0.1, -0.05) is 121 Å². The van der Waals surface area contributed by atoms with Crippen LogP contribution in [0.5, 0.6) is 23.0 Å². The van der Waals surface area contributed by atoms with Crippen LogP contribution in [-0.2, 0) is 5.41 Å². The zero-order valence-corrected chi connectivity index (χ0v) is 30.2. The molecule has 4 nitrogen and oxygen atoms in total. The highest BCUT2D eigenvalue weighted by Gasteiger charge is 2.52. The van der Waals surface area contributed by atoms with Crippen LogP contribution in [0.3, 0.4) is 0 Å². The Kier molecular flexibility index (Phi) is 6.22. The highest BCUT2D eigenvalue weighted by molar-refractivity contribution is 6.09. The fourth-order valence-corrected chi connectivity index (χ4v) is 9.88. The Balaban J connectivity index is 0.986. The molecule has 2 aliphatic carbocycles. The molecule has 0 bridgehead atoms. The van der Waals surface area contributed by atoms with Crippen molar-refractivity contribution in [3.8, 4) is 50.9 Å². The first-order valence-corrected chi connectivity index (χ1v) is 19.1. The van der Waals surface area contributed by atoms with E-state index in [-0.39, 0.29) is 0 Å². The van der Waals surface area contributed by atoms with Crippen molar-refractivity contribution >= 4 is 33.2 Å². The molecule has 8 aromatic carbocycles. The van der Waals surface area contributed by atoms with Crippen LogP contribution < -0.4 is 14.4 Å². The van der Waals surface area contributed by atoms with E-state index in [4.69, 9.17) is 9.47 Å². The summed E-state index contributed by atoms with van der Waals surface area (Å²) >= 11 is 0. The third kappa shape index (κ3) is 4.00. The van der Waals surface area contributed by atoms with E-state index < -0.39 is 5.41 Å². The van der Waals surface area contributed by atoms with Crippen molar-refractivity contribution in [2.45, 2.75) is 12.3 Å². The Morgan fingerprint density at radius 3 is 1.69 bits per heavy atom. The van der Waals surface area contributed by atoms with Crippen LogP contribution >= 0.6 is 0 Å². The fraction of sp³-hybridized carbons (Fsp3) is 0.0588. The van der Waals surface area contributed by atoms with E-state index >= 15 is 0 Å². The van der Waals surface area contributed by atoms with E-state index in [0.29, 0.717) is 5.75 Å². The van der Waals surface area contributed by atoms with Crippen LogP contribution in [0.2, 0.25) is 0 Å². The summed E-state index contributed by atoms with van der Waals surface area (Å²) in [6.07, 6.45) is 0. The summed E-state index contributed by atoms with van der Waals surface area (Å²) in [5, 5.41) is 2.50. The fourth-order valence-electron chi connectivity index (χ4n) is 9.88. The van der Waals surface area contributed by atoms with Crippen molar-refractivity contribution in [2.24, 2.45) is 0 Å². The summed E-state index contributed by atoms with van der Waals surface area (Å²) in [6.45, 7) is 2.92. The van der Waals surface area contributed by atoms with E-state index in [2.05, 4.69) is 186 Å². The first kappa shape index (κ1) is 30.4. The van der Waals surface area contributed by atoms with Crippen LogP contribution in [0, 0.1) is 0 Å². The predicted molar refractivity (Wildman–Crippen MR) is 223 cm³/mol. The standard InChI is InChI=1S/C51H34N2O2/c1-2-52(32-15-13-16-33(29-32)53-44-25-11-6-20-37(44)38-21-7-12-26-45(38)53)46-27-14-28-47-50(46)55-48-30-39-36-19-5-10-24-42(36)51(43(39)31-49(48)54-47)40-22-8-3-17-34(40)35-18-4-9-23-41(35)51/h3-31H,2H2,1H3. The van der Waals surface area contributed by atoms with Gasteiger partial charge in [0.25, 0.3) is 0 Å². The molecule has 1 spiro atoms. The smallest absolute Gasteiger partial charge is 0.193 e. The van der Waals surface area contributed by atoms with Gasteiger partial charge in [-0.25, -0.2) is 0 Å². The summed E-state index contributed by atoms with van der Waals surface area (Å²) in [5.74, 6) is 2.88. The molecule has 12 rings (SSSR count). The maximum absolute atomic E-state index is 6.99. The summed E-state index contributed by atoms with van der Waals surface area (Å²) in [6, 6.07) is 63.4. The molecule has 0 saturated carbocycles. The summed E-state index contributed by atoms with van der Waals surface area (Å²) in [4.78, 5) is 2.31. The van der Waals surface area contributed by atoms with Gasteiger partial charge in [-0.05, 0) is 106 Å². The summed E-state index contributed by atoms with van der Waals surface area (Å²) in [7, 11) is 0. The van der Waals surface area contributed by atoms with Crippen LogP contribution in [0.25, 0.3) is 49.7 Å². The van der Waals surface area contributed by atoms with Crippen LogP contribution in [-0.4, -0.2) is 11.1 Å². The normalized spacial score (nSPS) is 13.7. The molecule has 260 valence electrons. The molecule has 0 N–H and O–H groups in total. The quantitative estimate of drug-likeness (QED) is 0.182. The van der Waals surface area contributed by atoms with E-state index in [0.717, 1.165) is 40.9 Å². The van der Waals surface area contributed by atoms with Gasteiger partial charge in [0.2, 0.25) is 0 Å². The average Bonchev–Trinajstić information content (AvgIpc) is 3.84. The van der Waals surface area contributed by atoms with Crippen molar-refractivity contribution in [3.63, 3.8) is 0 Å². The third-order valence-corrected chi connectivity index (χ3v) is 12.0. The number of rotatable bonds is 4. The first-order valence-electron chi connectivity index (χ1n) is 19.1. The Hall–Kier alpha value is -7.04. The minimum atomic E-state index is -0.444. The molecule has 0 atom stereocenters. The lowest BCUT2D eigenvalue weighted by molar-refractivity contribution is 0.359. The Morgan fingerprint density at radius 1 is 0.473 bits per heavy atom. The van der Waals surface area contributed by atoms with Crippen molar-refractivity contribution < 1.29 is 9.47 Å². The van der Waals surface area contributed by atoms with Gasteiger partial charge in [-0.2, -0.15) is 0 Å². The van der Waals surface area contributed by atoms with Gasteiger partial charge in [-0.3, -0.25) is 0 Å². The molecule has 1 aromatic heterocycles.